The van der Waals surface area contributed by atoms with Gasteiger partial charge in [-0.1, -0.05) is 0 Å². The maximum absolute atomic E-state index is 14.1. The highest BCUT2D eigenvalue weighted by atomic mass is 32.1. The van der Waals surface area contributed by atoms with Crippen LogP contribution in [0.5, 0.6) is 0 Å². The number of alkyl halides is 5. The van der Waals surface area contributed by atoms with Crippen LogP contribution in [0.4, 0.5) is 47.2 Å². The van der Waals surface area contributed by atoms with Crippen LogP contribution in [0.3, 0.4) is 0 Å². The number of rotatable bonds is 4. The second kappa shape index (κ2) is 8.18. The normalized spacial score (nSPS) is 19.1. The summed E-state index contributed by atoms with van der Waals surface area (Å²) in [5, 5.41) is 4.04. The van der Waals surface area contributed by atoms with Crippen molar-refractivity contribution in [1.29, 1.82) is 0 Å². The lowest BCUT2D eigenvalue weighted by atomic mass is 9.61. The minimum Gasteiger partial charge on any atom is -0.340 e. The van der Waals surface area contributed by atoms with E-state index in [0.29, 0.717) is 30.5 Å². The molecule has 1 unspecified atom stereocenters. The second-order valence-electron chi connectivity index (χ2n) is 9.27. The zero-order valence-electron chi connectivity index (χ0n) is 18.5. The van der Waals surface area contributed by atoms with E-state index in [1.54, 1.807) is 4.90 Å². The van der Waals surface area contributed by atoms with Gasteiger partial charge in [-0.3, -0.25) is 0 Å². The Morgan fingerprint density at radius 2 is 1.78 bits per heavy atom. The number of hydrogen-bond acceptors (Lipinski definition) is 5. The molecule has 1 aliphatic carbocycles. The molecule has 2 fully saturated rings. The van der Waals surface area contributed by atoms with Gasteiger partial charge >= 0.3 is 12.2 Å². The summed E-state index contributed by atoms with van der Waals surface area (Å²) in [6.07, 6.45) is -2.92. The molecule has 1 saturated heterocycles. The molecule has 36 heavy (non-hydrogen) atoms. The largest absolute Gasteiger partial charge is 0.413 e. The fourth-order valence-corrected chi connectivity index (χ4v) is 6.13. The zero-order valence-corrected chi connectivity index (χ0v) is 19.3. The summed E-state index contributed by atoms with van der Waals surface area (Å²) in [5.74, 6) is -4.30. The number of carbonyl (C=O) groups excluding carboxylic acids is 1. The quantitative estimate of drug-likeness (QED) is 0.408. The lowest BCUT2D eigenvalue weighted by Gasteiger charge is -2.58. The van der Waals surface area contributed by atoms with Gasteiger partial charge < -0.3 is 15.5 Å². The Balaban J connectivity index is 1.27. The Labute approximate surface area is 203 Å². The van der Waals surface area contributed by atoms with E-state index in [2.05, 4.69) is 15.3 Å². The van der Waals surface area contributed by atoms with E-state index in [4.69, 9.17) is 0 Å². The molecule has 192 valence electrons. The summed E-state index contributed by atoms with van der Waals surface area (Å²) in [5.41, 5.74) is -0.431. The fourth-order valence-electron chi connectivity index (χ4n) is 4.85. The number of aryl methyl sites for hydroxylation is 1. The maximum atomic E-state index is 14.1. The summed E-state index contributed by atoms with van der Waals surface area (Å²) in [7, 11) is 0. The molecule has 2 aromatic heterocycles. The van der Waals surface area contributed by atoms with Gasteiger partial charge in [-0.15, -0.1) is 11.3 Å². The first-order chi connectivity index (χ1) is 16.8. The minimum atomic E-state index is -4.93. The topological polar surface area (TPSA) is 70.2 Å². The number of nitrogens with zero attached hydrogens (tertiary/aromatic N) is 3. The molecule has 14 heteroatoms. The number of halogens is 7. The van der Waals surface area contributed by atoms with E-state index in [1.807, 2.05) is 5.32 Å². The summed E-state index contributed by atoms with van der Waals surface area (Å²) in [4.78, 5) is 21.8. The van der Waals surface area contributed by atoms with Crippen molar-refractivity contribution in [2.75, 3.05) is 23.3 Å². The van der Waals surface area contributed by atoms with E-state index < -0.39 is 41.2 Å². The van der Waals surface area contributed by atoms with Crippen LogP contribution in [-0.2, 0) is 0 Å². The van der Waals surface area contributed by atoms with Crippen molar-refractivity contribution >= 4 is 39.1 Å². The number of fused-ring (bicyclic) bond motifs is 1. The Morgan fingerprint density at radius 1 is 1.14 bits per heavy atom. The predicted octanol–water partition coefficient (Wildman–Crippen LogP) is 5.94. The first-order valence-corrected chi connectivity index (χ1v) is 11.5. The highest BCUT2D eigenvalue weighted by Crippen LogP contribution is 2.57. The average molecular weight is 533 g/mol. The average Bonchev–Trinajstić information content (AvgIpc) is 3.04. The highest BCUT2D eigenvalue weighted by molar-refractivity contribution is 7.19. The van der Waals surface area contributed by atoms with E-state index in [0.717, 1.165) is 6.07 Å². The van der Waals surface area contributed by atoms with Crippen molar-refractivity contribution in [3.63, 3.8) is 0 Å². The van der Waals surface area contributed by atoms with Crippen molar-refractivity contribution in [2.45, 2.75) is 37.9 Å². The van der Waals surface area contributed by atoms with Gasteiger partial charge in [0.25, 0.3) is 0 Å². The van der Waals surface area contributed by atoms with E-state index in [9.17, 15) is 35.5 Å². The standard InChI is InChI=1S/C22H18F7N5OS/c1-10-13-2-11(23)3-14(24)16(13)36-15(10)17(22(27,28)29)33-19(35)32-12-4-30-18(31-5-12)34-8-20(9-34)6-21(25,26)7-20/h2-5,17H,6-9H2,1H3,(H2,32,33,35). The molecule has 0 radical (unpaired) electrons. The third kappa shape index (κ3) is 4.42. The number of thiophene rings is 1. The fraction of sp³-hybridized carbons (Fsp3) is 0.409. The summed E-state index contributed by atoms with van der Waals surface area (Å²) in [6, 6.07) is -2.17. The maximum Gasteiger partial charge on any atom is 0.413 e. The number of urea groups is 1. The van der Waals surface area contributed by atoms with Crippen molar-refractivity contribution < 1.29 is 35.5 Å². The molecule has 2 N–H and O–H groups in total. The molecule has 1 atom stereocenters. The number of anilines is 2. The van der Waals surface area contributed by atoms with Crippen LogP contribution in [0, 0.1) is 24.0 Å². The third-order valence-corrected chi connectivity index (χ3v) is 7.74. The van der Waals surface area contributed by atoms with Crippen molar-refractivity contribution in [3.05, 3.63) is 46.6 Å². The molecular weight excluding hydrogens is 515 g/mol. The van der Waals surface area contributed by atoms with Crippen LogP contribution < -0.4 is 15.5 Å². The predicted molar refractivity (Wildman–Crippen MR) is 118 cm³/mol. The summed E-state index contributed by atoms with van der Waals surface area (Å²) >= 11 is 0.481. The van der Waals surface area contributed by atoms with Gasteiger partial charge in [0.1, 0.15) is 11.6 Å². The molecule has 6 nitrogen and oxygen atoms in total. The number of carbonyl (C=O) groups is 1. The molecule has 1 aliphatic heterocycles. The summed E-state index contributed by atoms with van der Waals surface area (Å²) < 4.78 is 95.4. The SMILES string of the molecule is Cc1c(C(NC(=O)Nc2cnc(N3CC4(C3)CC(F)(F)C4)nc2)C(F)(F)F)sc2c(F)cc(F)cc12. The summed E-state index contributed by atoms with van der Waals surface area (Å²) in [6.45, 7) is 2.05. The Kier molecular flexibility index (Phi) is 5.57. The molecule has 1 spiro atoms. The van der Waals surface area contributed by atoms with Gasteiger partial charge in [-0.25, -0.2) is 32.3 Å². The Hall–Kier alpha value is -3.16. The zero-order chi connectivity index (χ0) is 26.0. The van der Waals surface area contributed by atoms with Crippen molar-refractivity contribution in [3.8, 4) is 0 Å². The smallest absolute Gasteiger partial charge is 0.340 e. The number of amides is 2. The molecular formula is C22H18F7N5OS. The lowest BCUT2D eigenvalue weighted by Crippen LogP contribution is -2.66. The number of hydrogen-bond donors (Lipinski definition) is 2. The molecule has 5 rings (SSSR count). The Morgan fingerprint density at radius 3 is 2.36 bits per heavy atom. The monoisotopic (exact) mass is 533 g/mol. The first-order valence-electron chi connectivity index (χ1n) is 10.7. The van der Waals surface area contributed by atoms with Gasteiger partial charge in [-0.2, -0.15) is 13.2 Å². The van der Waals surface area contributed by atoms with Crippen LogP contribution >= 0.6 is 11.3 Å². The molecule has 3 heterocycles. The van der Waals surface area contributed by atoms with Gasteiger partial charge in [0.2, 0.25) is 11.9 Å². The third-order valence-electron chi connectivity index (χ3n) is 6.36. The van der Waals surface area contributed by atoms with Crippen LogP contribution in [0.25, 0.3) is 10.1 Å². The highest BCUT2D eigenvalue weighted by Gasteiger charge is 2.62. The number of nitrogens with one attached hydrogen (secondary N) is 2. The Bertz CT molecular complexity index is 1330. The molecule has 2 amide bonds. The first kappa shape index (κ1) is 24.5. The second-order valence-corrected chi connectivity index (χ2v) is 10.3. The van der Waals surface area contributed by atoms with Crippen LogP contribution in [0.1, 0.15) is 29.3 Å². The molecule has 3 aromatic rings. The lowest BCUT2D eigenvalue weighted by molar-refractivity contribution is -0.170. The van der Waals surface area contributed by atoms with Crippen molar-refractivity contribution in [2.24, 2.45) is 5.41 Å². The van der Waals surface area contributed by atoms with Crippen LogP contribution in [0.15, 0.2) is 24.5 Å². The minimum absolute atomic E-state index is 0.000237. The van der Waals surface area contributed by atoms with E-state index in [1.165, 1.54) is 19.3 Å². The van der Waals surface area contributed by atoms with Crippen LogP contribution in [-0.4, -0.2) is 41.2 Å². The van der Waals surface area contributed by atoms with Gasteiger partial charge in [0.05, 0.1) is 22.8 Å². The van der Waals surface area contributed by atoms with E-state index >= 15 is 0 Å². The number of aromatic nitrogens is 2. The molecule has 1 aromatic carbocycles. The van der Waals surface area contributed by atoms with E-state index in [-0.39, 0.29) is 45.0 Å². The molecule has 0 bridgehead atoms. The van der Waals surface area contributed by atoms with Gasteiger partial charge in [-0.05, 0) is 18.6 Å². The van der Waals surface area contributed by atoms with Gasteiger partial charge in [0.15, 0.2) is 6.04 Å². The van der Waals surface area contributed by atoms with Crippen molar-refractivity contribution in [1.82, 2.24) is 15.3 Å². The molecule has 1 saturated carbocycles. The number of benzene rings is 1. The van der Waals surface area contributed by atoms with Gasteiger partial charge in [0, 0.05) is 47.7 Å². The molecule has 2 aliphatic rings. The van der Waals surface area contributed by atoms with Crippen LogP contribution in [0.2, 0.25) is 0 Å².